The molecular weight excluding hydrogens is 393 g/mol. The maximum absolute atomic E-state index is 12.1. The molecule has 0 radical (unpaired) electrons. The van der Waals surface area contributed by atoms with Gasteiger partial charge in [-0.05, 0) is 43.5 Å². The van der Waals surface area contributed by atoms with Crippen LogP contribution >= 0.6 is 23.2 Å². The molecule has 140 valence electrons. The first kappa shape index (κ1) is 19.1. The van der Waals surface area contributed by atoms with E-state index in [0.717, 1.165) is 5.56 Å². The van der Waals surface area contributed by atoms with Gasteiger partial charge >= 0.3 is 12.0 Å². The van der Waals surface area contributed by atoms with E-state index >= 15 is 0 Å². The molecular formula is C18H15Cl2N3O4. The third kappa shape index (κ3) is 4.37. The van der Waals surface area contributed by atoms with Gasteiger partial charge in [-0.3, -0.25) is 10.1 Å². The molecule has 0 aliphatic carbocycles. The van der Waals surface area contributed by atoms with Gasteiger partial charge in [0.2, 0.25) is 0 Å². The van der Waals surface area contributed by atoms with Crippen LogP contribution in [-0.4, -0.2) is 28.4 Å². The number of urea groups is 1. The fraction of sp³-hybridized carbons (Fsp3) is 0.222. The van der Waals surface area contributed by atoms with E-state index < -0.39 is 17.5 Å². The van der Waals surface area contributed by atoms with Gasteiger partial charge in [0.15, 0.2) is 0 Å². The molecule has 2 heterocycles. The highest BCUT2D eigenvalue weighted by Crippen LogP contribution is 2.22. The summed E-state index contributed by atoms with van der Waals surface area (Å²) in [6.07, 6.45) is 2.29. The molecule has 0 spiro atoms. The summed E-state index contributed by atoms with van der Waals surface area (Å²) < 4.78 is 5.28. The number of nitrogens with one attached hydrogen (secondary N) is 2. The number of esters is 1. The molecule has 1 aliphatic heterocycles. The number of amides is 3. The Hall–Kier alpha value is -2.64. The van der Waals surface area contributed by atoms with Gasteiger partial charge in [-0.25, -0.2) is 14.6 Å². The van der Waals surface area contributed by atoms with Crippen molar-refractivity contribution in [2.24, 2.45) is 0 Å². The molecule has 3 amide bonds. The number of aryl methyl sites for hydroxylation is 1. The van der Waals surface area contributed by atoms with Gasteiger partial charge in [-0.1, -0.05) is 35.3 Å². The predicted octanol–water partition coefficient (Wildman–Crippen LogP) is 3.14. The number of hydrogen-bond donors (Lipinski definition) is 2. The number of rotatable bonds is 5. The van der Waals surface area contributed by atoms with Crippen LogP contribution in [0.4, 0.5) is 4.79 Å². The minimum atomic E-state index is -0.928. The number of carbonyl (C=O) groups is 3. The van der Waals surface area contributed by atoms with E-state index in [2.05, 4.69) is 15.6 Å². The van der Waals surface area contributed by atoms with Crippen LogP contribution in [-0.2, 0) is 11.2 Å². The minimum absolute atomic E-state index is 0.110. The van der Waals surface area contributed by atoms with E-state index in [1.165, 1.54) is 12.3 Å². The Morgan fingerprint density at radius 1 is 1.22 bits per heavy atom. The molecule has 1 aliphatic rings. The summed E-state index contributed by atoms with van der Waals surface area (Å²) in [4.78, 5) is 39.0. The highest BCUT2D eigenvalue weighted by molar-refractivity contribution is 6.41. The number of imide groups is 1. The highest BCUT2D eigenvalue weighted by atomic mass is 35.5. The minimum Gasteiger partial charge on any atom is -0.423 e. The summed E-state index contributed by atoms with van der Waals surface area (Å²) in [5.41, 5.74) is 0.189. The summed E-state index contributed by atoms with van der Waals surface area (Å²) in [6, 6.07) is 7.76. The number of halogens is 2. The SMILES string of the molecule is C[C@@]1(CCc2ccc(OC(=O)c3cnc(Cl)c(Cl)c3)cc2)NC(=O)NC1=O. The van der Waals surface area contributed by atoms with E-state index in [-0.39, 0.29) is 21.6 Å². The fourth-order valence-electron chi connectivity index (χ4n) is 2.57. The van der Waals surface area contributed by atoms with Crippen molar-refractivity contribution in [3.63, 3.8) is 0 Å². The second-order valence-electron chi connectivity index (χ2n) is 6.27. The highest BCUT2D eigenvalue weighted by Gasteiger charge is 2.41. The molecule has 1 atom stereocenters. The first-order chi connectivity index (χ1) is 12.8. The quantitative estimate of drug-likeness (QED) is 0.343. The topological polar surface area (TPSA) is 97.4 Å². The van der Waals surface area contributed by atoms with E-state index in [0.29, 0.717) is 18.6 Å². The van der Waals surface area contributed by atoms with Crippen LogP contribution in [0.5, 0.6) is 5.75 Å². The van der Waals surface area contributed by atoms with E-state index in [1.54, 1.807) is 31.2 Å². The van der Waals surface area contributed by atoms with Crippen LogP contribution in [0.25, 0.3) is 0 Å². The Morgan fingerprint density at radius 3 is 2.52 bits per heavy atom. The van der Waals surface area contributed by atoms with Crippen LogP contribution in [0.15, 0.2) is 36.5 Å². The number of benzene rings is 1. The van der Waals surface area contributed by atoms with Crippen LogP contribution < -0.4 is 15.4 Å². The average molecular weight is 408 g/mol. The van der Waals surface area contributed by atoms with Gasteiger partial charge in [0.05, 0.1) is 10.6 Å². The number of aromatic nitrogens is 1. The average Bonchev–Trinajstić information content (AvgIpc) is 2.89. The van der Waals surface area contributed by atoms with Crippen molar-refractivity contribution in [2.45, 2.75) is 25.3 Å². The first-order valence-electron chi connectivity index (χ1n) is 8.02. The Morgan fingerprint density at radius 2 is 1.93 bits per heavy atom. The fourth-order valence-corrected chi connectivity index (χ4v) is 2.84. The molecule has 2 N–H and O–H groups in total. The second-order valence-corrected chi connectivity index (χ2v) is 7.04. The number of ether oxygens (including phenoxy) is 1. The van der Waals surface area contributed by atoms with Crippen LogP contribution in [0.2, 0.25) is 10.2 Å². The molecule has 9 heteroatoms. The Balaban J connectivity index is 1.60. The Kier molecular flexibility index (Phi) is 5.34. The molecule has 0 unspecified atom stereocenters. The lowest BCUT2D eigenvalue weighted by molar-refractivity contribution is -0.123. The van der Waals surface area contributed by atoms with Crippen molar-refractivity contribution in [3.8, 4) is 5.75 Å². The molecule has 1 fully saturated rings. The van der Waals surface area contributed by atoms with Crippen LogP contribution in [0, 0.1) is 0 Å². The van der Waals surface area contributed by atoms with Crippen LogP contribution in [0.3, 0.4) is 0 Å². The van der Waals surface area contributed by atoms with Crippen molar-refractivity contribution in [2.75, 3.05) is 0 Å². The summed E-state index contributed by atoms with van der Waals surface area (Å²) >= 11 is 11.6. The molecule has 1 aromatic carbocycles. The summed E-state index contributed by atoms with van der Waals surface area (Å²) in [5.74, 6) is -0.590. The zero-order chi connectivity index (χ0) is 19.6. The lowest BCUT2D eigenvalue weighted by atomic mass is 9.93. The van der Waals surface area contributed by atoms with Crippen molar-refractivity contribution in [3.05, 3.63) is 57.8 Å². The molecule has 3 rings (SSSR count). The lowest BCUT2D eigenvalue weighted by Gasteiger charge is -2.20. The smallest absolute Gasteiger partial charge is 0.345 e. The van der Waals surface area contributed by atoms with E-state index in [1.807, 2.05) is 0 Å². The van der Waals surface area contributed by atoms with Gasteiger partial charge in [-0.15, -0.1) is 0 Å². The molecule has 7 nitrogen and oxygen atoms in total. The van der Waals surface area contributed by atoms with Gasteiger partial charge in [-0.2, -0.15) is 0 Å². The number of carbonyl (C=O) groups excluding carboxylic acids is 3. The first-order valence-corrected chi connectivity index (χ1v) is 8.78. The van der Waals surface area contributed by atoms with E-state index in [9.17, 15) is 14.4 Å². The third-order valence-corrected chi connectivity index (χ3v) is 4.88. The number of pyridine rings is 1. The molecule has 1 saturated heterocycles. The largest absolute Gasteiger partial charge is 0.423 e. The summed E-state index contributed by atoms with van der Waals surface area (Å²) in [7, 11) is 0. The monoisotopic (exact) mass is 407 g/mol. The molecule has 1 aromatic heterocycles. The molecule has 27 heavy (non-hydrogen) atoms. The second kappa shape index (κ2) is 7.54. The Bertz CT molecular complexity index is 917. The lowest BCUT2D eigenvalue weighted by Crippen LogP contribution is -2.43. The van der Waals surface area contributed by atoms with Gasteiger partial charge in [0.1, 0.15) is 16.4 Å². The third-order valence-electron chi connectivity index (χ3n) is 4.20. The zero-order valence-electron chi connectivity index (χ0n) is 14.2. The summed E-state index contributed by atoms with van der Waals surface area (Å²) in [5, 5.41) is 5.12. The van der Waals surface area contributed by atoms with Gasteiger partial charge in [0.25, 0.3) is 5.91 Å². The maximum Gasteiger partial charge on any atom is 0.345 e. The van der Waals surface area contributed by atoms with Crippen molar-refractivity contribution in [1.82, 2.24) is 15.6 Å². The predicted molar refractivity (Wildman–Crippen MR) is 99.1 cm³/mol. The normalized spacial score (nSPS) is 18.8. The maximum atomic E-state index is 12.1. The standard InChI is InChI=1S/C18H15Cl2N3O4/c1-18(16(25)22-17(26)23-18)7-6-10-2-4-12(5-3-10)27-15(24)11-8-13(19)14(20)21-9-11/h2-5,8-9H,6-7H2,1H3,(H2,22,23,25,26)/t18-/m0/s1. The number of hydrogen-bond acceptors (Lipinski definition) is 5. The zero-order valence-corrected chi connectivity index (χ0v) is 15.7. The Labute approximate surface area is 165 Å². The van der Waals surface area contributed by atoms with Crippen LogP contribution in [0.1, 0.15) is 29.3 Å². The van der Waals surface area contributed by atoms with Gasteiger partial charge < -0.3 is 10.1 Å². The molecule has 2 aromatic rings. The molecule has 0 bridgehead atoms. The number of nitrogens with zero attached hydrogens (tertiary/aromatic N) is 1. The van der Waals surface area contributed by atoms with Gasteiger partial charge in [0, 0.05) is 6.20 Å². The van der Waals surface area contributed by atoms with Crippen molar-refractivity contribution < 1.29 is 19.1 Å². The van der Waals surface area contributed by atoms with Crippen molar-refractivity contribution in [1.29, 1.82) is 0 Å². The summed E-state index contributed by atoms with van der Waals surface area (Å²) in [6.45, 7) is 1.68. The molecule has 0 saturated carbocycles. The van der Waals surface area contributed by atoms with E-state index in [4.69, 9.17) is 27.9 Å². The van der Waals surface area contributed by atoms with Crippen molar-refractivity contribution >= 4 is 41.1 Å².